The van der Waals surface area contributed by atoms with Crippen molar-refractivity contribution < 1.29 is 13.9 Å². The molecule has 1 aliphatic rings. The van der Waals surface area contributed by atoms with E-state index in [1.165, 1.54) is 12.1 Å². The van der Waals surface area contributed by atoms with Crippen LogP contribution in [0.5, 0.6) is 5.88 Å². The summed E-state index contributed by atoms with van der Waals surface area (Å²) in [6, 6.07) is 7.75. The Morgan fingerprint density at radius 1 is 1.41 bits per heavy atom. The van der Waals surface area contributed by atoms with Crippen molar-refractivity contribution in [3.05, 3.63) is 52.2 Å². The fourth-order valence-electron chi connectivity index (χ4n) is 2.23. The Morgan fingerprint density at radius 3 is 3.18 bits per heavy atom. The first-order valence-electron chi connectivity index (χ1n) is 7.03. The molecular weight excluding hydrogens is 289 g/mol. The smallest absolute Gasteiger partial charge is 0.352 e. The van der Waals surface area contributed by atoms with Crippen LogP contribution in [-0.2, 0) is 17.9 Å². The van der Waals surface area contributed by atoms with Crippen molar-refractivity contribution in [2.24, 2.45) is 0 Å². The molecule has 1 N–H and O–H groups in total. The van der Waals surface area contributed by atoms with E-state index in [-0.39, 0.29) is 24.0 Å². The molecule has 1 aromatic carbocycles. The van der Waals surface area contributed by atoms with Gasteiger partial charge in [-0.15, -0.1) is 0 Å². The minimum atomic E-state index is -0.374. The summed E-state index contributed by atoms with van der Waals surface area (Å²) in [5, 5.41) is 3.01. The van der Waals surface area contributed by atoms with Crippen molar-refractivity contribution in [2.45, 2.75) is 19.6 Å². The Bertz CT molecular complexity index is 717. The molecule has 116 valence electrons. The second-order valence-corrected chi connectivity index (χ2v) is 4.92. The van der Waals surface area contributed by atoms with Crippen molar-refractivity contribution in [2.75, 3.05) is 18.7 Å². The van der Waals surface area contributed by atoms with Crippen LogP contribution in [0.25, 0.3) is 0 Å². The Balaban J connectivity index is 1.78. The molecule has 0 saturated carbocycles. The average Bonchev–Trinajstić information content (AvgIpc) is 2.47. The van der Waals surface area contributed by atoms with E-state index in [0.717, 1.165) is 6.42 Å². The summed E-state index contributed by atoms with van der Waals surface area (Å²) >= 11 is 0. The molecule has 6 nitrogen and oxygen atoms in total. The number of rotatable bonds is 3. The maximum absolute atomic E-state index is 13.1. The van der Waals surface area contributed by atoms with Gasteiger partial charge in [-0.25, -0.2) is 9.18 Å². The lowest BCUT2D eigenvalue weighted by Gasteiger charge is -2.18. The molecule has 1 aliphatic heterocycles. The lowest BCUT2D eigenvalue weighted by Crippen LogP contribution is -2.29. The predicted molar refractivity (Wildman–Crippen MR) is 78.3 cm³/mol. The van der Waals surface area contributed by atoms with Gasteiger partial charge in [-0.2, -0.15) is 4.98 Å². The fourth-order valence-corrected chi connectivity index (χ4v) is 2.23. The minimum Gasteiger partial charge on any atom is -0.473 e. The Kier molecular flexibility index (Phi) is 4.34. The minimum absolute atomic E-state index is 0.143. The summed E-state index contributed by atoms with van der Waals surface area (Å²) in [6.45, 7) is 1.60. The second kappa shape index (κ2) is 6.57. The molecule has 0 unspecified atom stereocenters. The Hall–Kier alpha value is -2.41. The quantitative estimate of drug-likeness (QED) is 0.936. The first-order chi connectivity index (χ1) is 10.7. The molecule has 2 heterocycles. The molecule has 0 atom stereocenters. The van der Waals surface area contributed by atoms with Crippen LogP contribution < -0.4 is 15.7 Å². The molecule has 7 heteroatoms. The number of aromatic nitrogens is 2. The first kappa shape index (κ1) is 14.5. The molecule has 0 bridgehead atoms. The summed E-state index contributed by atoms with van der Waals surface area (Å²) in [7, 11) is 0. The highest BCUT2D eigenvalue weighted by atomic mass is 19.1. The molecule has 2 aromatic rings. The number of hydrogen-bond donors (Lipinski definition) is 1. The average molecular weight is 305 g/mol. The number of hydrogen-bond acceptors (Lipinski definition) is 5. The number of ether oxygens (including phenoxy) is 2. The van der Waals surface area contributed by atoms with E-state index in [2.05, 4.69) is 10.3 Å². The van der Waals surface area contributed by atoms with Crippen LogP contribution in [0.3, 0.4) is 0 Å². The van der Waals surface area contributed by atoms with E-state index in [4.69, 9.17) is 9.47 Å². The van der Waals surface area contributed by atoms with Gasteiger partial charge >= 0.3 is 5.69 Å². The number of benzene rings is 1. The number of anilines is 1. The molecule has 0 amide bonds. The molecular formula is C15H16FN3O3. The molecule has 0 aliphatic carbocycles. The number of fused-ring (bicyclic) bond motifs is 1. The first-order valence-corrected chi connectivity index (χ1v) is 7.03. The largest absolute Gasteiger partial charge is 0.473 e. The highest BCUT2D eigenvalue weighted by Gasteiger charge is 2.11. The SMILES string of the molecule is O=c1nc(OCc2cccc(F)c2)cc2n1CCCOCN2. The number of nitrogens with zero attached hydrogens (tertiary/aromatic N) is 2. The Morgan fingerprint density at radius 2 is 2.32 bits per heavy atom. The van der Waals surface area contributed by atoms with Crippen molar-refractivity contribution in [3.63, 3.8) is 0 Å². The monoisotopic (exact) mass is 305 g/mol. The molecule has 0 spiro atoms. The van der Waals surface area contributed by atoms with E-state index in [1.54, 1.807) is 22.8 Å². The maximum atomic E-state index is 13.1. The summed E-state index contributed by atoms with van der Waals surface area (Å²) in [6.07, 6.45) is 0.750. The normalized spacial score (nSPS) is 14.4. The third-order valence-electron chi connectivity index (χ3n) is 3.29. The third kappa shape index (κ3) is 3.43. The van der Waals surface area contributed by atoms with Crippen LogP contribution in [-0.4, -0.2) is 22.9 Å². The maximum Gasteiger partial charge on any atom is 0.352 e. The van der Waals surface area contributed by atoms with Crippen molar-refractivity contribution in [3.8, 4) is 5.88 Å². The summed E-state index contributed by atoms with van der Waals surface area (Å²) in [5.41, 5.74) is 0.297. The van der Waals surface area contributed by atoms with Gasteiger partial charge < -0.3 is 14.8 Å². The molecule has 0 saturated heterocycles. The lowest BCUT2D eigenvalue weighted by atomic mass is 10.2. The zero-order valence-electron chi connectivity index (χ0n) is 11.9. The van der Waals surface area contributed by atoms with Gasteiger partial charge in [-0.05, 0) is 24.1 Å². The van der Waals surface area contributed by atoms with Crippen LogP contribution in [0, 0.1) is 5.82 Å². The van der Waals surface area contributed by atoms with E-state index in [1.807, 2.05) is 0 Å². The van der Waals surface area contributed by atoms with Gasteiger partial charge in [0.05, 0.1) is 6.61 Å². The van der Waals surface area contributed by atoms with Gasteiger partial charge in [0.15, 0.2) is 0 Å². The van der Waals surface area contributed by atoms with Crippen LogP contribution in [0.4, 0.5) is 10.2 Å². The topological polar surface area (TPSA) is 65.4 Å². The highest BCUT2D eigenvalue weighted by molar-refractivity contribution is 5.38. The van der Waals surface area contributed by atoms with Crippen LogP contribution in [0.15, 0.2) is 35.1 Å². The number of nitrogens with one attached hydrogen (secondary N) is 1. The van der Waals surface area contributed by atoms with Crippen LogP contribution in [0.2, 0.25) is 0 Å². The van der Waals surface area contributed by atoms with E-state index < -0.39 is 0 Å². The third-order valence-corrected chi connectivity index (χ3v) is 3.29. The zero-order chi connectivity index (χ0) is 15.4. The van der Waals surface area contributed by atoms with Gasteiger partial charge in [0, 0.05) is 12.6 Å². The fraction of sp³-hybridized carbons (Fsp3) is 0.333. The number of halogens is 1. The lowest BCUT2D eigenvalue weighted by molar-refractivity contribution is 0.140. The van der Waals surface area contributed by atoms with Gasteiger partial charge in [-0.3, -0.25) is 4.57 Å². The van der Waals surface area contributed by atoms with E-state index >= 15 is 0 Å². The summed E-state index contributed by atoms with van der Waals surface area (Å²) in [4.78, 5) is 16.0. The predicted octanol–water partition coefficient (Wildman–Crippen LogP) is 1.75. The molecule has 1 aromatic heterocycles. The van der Waals surface area contributed by atoms with E-state index in [9.17, 15) is 9.18 Å². The van der Waals surface area contributed by atoms with Gasteiger partial charge in [0.2, 0.25) is 5.88 Å². The summed E-state index contributed by atoms with van der Waals surface area (Å²) in [5.74, 6) is 0.480. The van der Waals surface area contributed by atoms with Crippen LogP contribution >= 0.6 is 0 Å². The standard InChI is InChI=1S/C15H16FN3O3/c16-12-4-1-3-11(7-12)9-22-14-8-13-17-10-21-6-2-5-19(13)15(20)18-14/h1,3-4,7-8,17H,2,5-6,9-10H2. The molecule has 0 fully saturated rings. The van der Waals surface area contributed by atoms with Gasteiger partial charge in [0.1, 0.15) is 25.0 Å². The highest BCUT2D eigenvalue weighted by Crippen LogP contribution is 2.15. The van der Waals surface area contributed by atoms with Gasteiger partial charge in [-0.1, -0.05) is 12.1 Å². The molecule has 0 radical (unpaired) electrons. The molecule has 3 rings (SSSR count). The Labute approximate surface area is 126 Å². The van der Waals surface area contributed by atoms with Crippen molar-refractivity contribution in [1.82, 2.24) is 9.55 Å². The summed E-state index contributed by atoms with van der Waals surface area (Å²) < 4.78 is 25.5. The van der Waals surface area contributed by atoms with Crippen LogP contribution in [0.1, 0.15) is 12.0 Å². The van der Waals surface area contributed by atoms with E-state index in [0.29, 0.717) is 31.3 Å². The van der Waals surface area contributed by atoms with Crippen molar-refractivity contribution in [1.29, 1.82) is 0 Å². The molecule has 22 heavy (non-hydrogen) atoms. The second-order valence-electron chi connectivity index (χ2n) is 4.92. The van der Waals surface area contributed by atoms with Gasteiger partial charge in [0.25, 0.3) is 0 Å². The zero-order valence-corrected chi connectivity index (χ0v) is 11.9. The van der Waals surface area contributed by atoms with Crippen molar-refractivity contribution >= 4 is 5.82 Å².